The summed E-state index contributed by atoms with van der Waals surface area (Å²) in [6.07, 6.45) is 3.69. The summed E-state index contributed by atoms with van der Waals surface area (Å²) in [6, 6.07) is 8.01. The third-order valence-electron chi connectivity index (χ3n) is 3.06. The number of carbonyl (C=O) groups is 1. The molecule has 0 aromatic carbocycles. The molecule has 1 unspecified atom stereocenters. The van der Waals surface area contributed by atoms with Crippen LogP contribution in [0.1, 0.15) is 48.0 Å². The van der Waals surface area contributed by atoms with Gasteiger partial charge >= 0.3 is 5.97 Å². The SMILES string of the molecule is CCCC(Nc1ccc(C(=O)OCC)cn1)c1cccs1. The van der Waals surface area contributed by atoms with Gasteiger partial charge in [0.2, 0.25) is 0 Å². The van der Waals surface area contributed by atoms with Crippen LogP contribution in [0.2, 0.25) is 0 Å². The first-order valence-electron chi connectivity index (χ1n) is 7.17. The summed E-state index contributed by atoms with van der Waals surface area (Å²) in [5.74, 6) is 0.440. The minimum Gasteiger partial charge on any atom is -0.462 e. The highest BCUT2D eigenvalue weighted by Gasteiger charge is 2.13. The quantitative estimate of drug-likeness (QED) is 0.776. The molecule has 2 heterocycles. The van der Waals surface area contributed by atoms with Crippen LogP contribution < -0.4 is 5.32 Å². The fourth-order valence-electron chi connectivity index (χ4n) is 2.06. The van der Waals surface area contributed by atoms with Gasteiger partial charge in [0.1, 0.15) is 5.82 Å². The lowest BCUT2D eigenvalue weighted by atomic mass is 10.1. The molecule has 0 saturated carbocycles. The number of esters is 1. The number of ether oxygens (including phenoxy) is 1. The molecule has 2 rings (SSSR count). The van der Waals surface area contributed by atoms with E-state index in [1.165, 1.54) is 4.88 Å². The van der Waals surface area contributed by atoms with Gasteiger partial charge in [-0.05, 0) is 36.9 Å². The predicted molar refractivity (Wildman–Crippen MR) is 85.8 cm³/mol. The van der Waals surface area contributed by atoms with Crippen LogP contribution >= 0.6 is 11.3 Å². The fourth-order valence-corrected chi connectivity index (χ4v) is 2.87. The molecule has 0 bridgehead atoms. The molecule has 0 aliphatic rings. The van der Waals surface area contributed by atoms with Crippen molar-refractivity contribution < 1.29 is 9.53 Å². The molecule has 5 heteroatoms. The molecule has 0 radical (unpaired) electrons. The van der Waals surface area contributed by atoms with E-state index in [-0.39, 0.29) is 12.0 Å². The Labute approximate surface area is 129 Å². The number of thiophene rings is 1. The van der Waals surface area contributed by atoms with E-state index < -0.39 is 0 Å². The number of anilines is 1. The van der Waals surface area contributed by atoms with E-state index in [1.54, 1.807) is 30.5 Å². The minimum atomic E-state index is -0.333. The Hall–Kier alpha value is -1.88. The zero-order valence-corrected chi connectivity index (χ0v) is 13.2. The zero-order valence-electron chi connectivity index (χ0n) is 12.3. The highest BCUT2D eigenvalue weighted by molar-refractivity contribution is 7.10. The number of nitrogens with one attached hydrogen (secondary N) is 1. The number of carbonyl (C=O) groups excluding carboxylic acids is 1. The highest BCUT2D eigenvalue weighted by Crippen LogP contribution is 2.26. The summed E-state index contributed by atoms with van der Waals surface area (Å²) >= 11 is 1.74. The number of pyridine rings is 1. The predicted octanol–water partition coefficient (Wildman–Crippen LogP) is 4.27. The van der Waals surface area contributed by atoms with Gasteiger partial charge in [-0.15, -0.1) is 11.3 Å². The summed E-state index contributed by atoms with van der Waals surface area (Å²) in [6.45, 7) is 4.33. The third-order valence-corrected chi connectivity index (χ3v) is 4.05. The summed E-state index contributed by atoms with van der Waals surface area (Å²) in [5, 5.41) is 5.51. The van der Waals surface area contributed by atoms with Gasteiger partial charge < -0.3 is 10.1 Å². The Bertz CT molecular complexity index is 552. The van der Waals surface area contributed by atoms with E-state index in [1.807, 2.05) is 6.07 Å². The molecule has 0 fully saturated rings. The van der Waals surface area contributed by atoms with Crippen LogP contribution in [0.4, 0.5) is 5.82 Å². The number of hydrogen-bond donors (Lipinski definition) is 1. The van der Waals surface area contributed by atoms with E-state index in [4.69, 9.17) is 4.74 Å². The van der Waals surface area contributed by atoms with E-state index >= 15 is 0 Å². The second-order valence-electron chi connectivity index (χ2n) is 4.65. The maximum atomic E-state index is 11.6. The first-order valence-corrected chi connectivity index (χ1v) is 8.05. The maximum Gasteiger partial charge on any atom is 0.339 e. The lowest BCUT2D eigenvalue weighted by Crippen LogP contribution is -2.11. The lowest BCUT2D eigenvalue weighted by molar-refractivity contribution is 0.0526. The highest BCUT2D eigenvalue weighted by atomic mass is 32.1. The van der Waals surface area contributed by atoms with Crippen molar-refractivity contribution in [3.05, 3.63) is 46.3 Å². The van der Waals surface area contributed by atoms with E-state index in [0.717, 1.165) is 18.7 Å². The average molecular weight is 304 g/mol. The van der Waals surface area contributed by atoms with Crippen LogP contribution in [0.3, 0.4) is 0 Å². The summed E-state index contributed by atoms with van der Waals surface area (Å²) in [4.78, 5) is 17.2. The normalized spacial score (nSPS) is 11.9. The molecular weight excluding hydrogens is 284 g/mol. The molecule has 0 aliphatic carbocycles. The topological polar surface area (TPSA) is 51.2 Å². The van der Waals surface area contributed by atoms with Crippen LogP contribution in [0.15, 0.2) is 35.8 Å². The van der Waals surface area contributed by atoms with Gasteiger partial charge in [0.15, 0.2) is 0 Å². The van der Waals surface area contributed by atoms with Gasteiger partial charge in [-0.3, -0.25) is 0 Å². The monoisotopic (exact) mass is 304 g/mol. The van der Waals surface area contributed by atoms with E-state index in [2.05, 4.69) is 34.7 Å². The van der Waals surface area contributed by atoms with Crippen molar-refractivity contribution in [2.45, 2.75) is 32.7 Å². The molecule has 1 atom stereocenters. The van der Waals surface area contributed by atoms with Crippen molar-refractivity contribution in [2.24, 2.45) is 0 Å². The number of rotatable bonds is 7. The second-order valence-corrected chi connectivity index (χ2v) is 5.63. The smallest absolute Gasteiger partial charge is 0.339 e. The molecule has 2 aromatic rings. The number of nitrogens with zero attached hydrogens (tertiary/aromatic N) is 1. The van der Waals surface area contributed by atoms with Crippen LogP contribution in [0.25, 0.3) is 0 Å². The summed E-state index contributed by atoms with van der Waals surface area (Å²) in [7, 11) is 0. The summed E-state index contributed by atoms with van der Waals surface area (Å²) in [5.41, 5.74) is 0.477. The Morgan fingerprint density at radius 3 is 2.81 bits per heavy atom. The van der Waals surface area contributed by atoms with Crippen molar-refractivity contribution in [3.8, 4) is 0 Å². The standard InChI is InChI=1S/C16H20N2O2S/c1-3-6-13(14-7-5-10-21-14)18-15-9-8-12(11-17-15)16(19)20-4-2/h5,7-11,13H,3-4,6H2,1-2H3,(H,17,18). The molecule has 0 aliphatic heterocycles. The van der Waals surface area contributed by atoms with Gasteiger partial charge in [-0.25, -0.2) is 9.78 Å². The Kier molecular flexibility index (Phi) is 5.75. The van der Waals surface area contributed by atoms with Crippen LogP contribution in [0.5, 0.6) is 0 Å². The fraction of sp³-hybridized carbons (Fsp3) is 0.375. The van der Waals surface area contributed by atoms with Crippen molar-refractivity contribution >= 4 is 23.1 Å². The molecular formula is C16H20N2O2S. The first kappa shape index (κ1) is 15.5. The minimum absolute atomic E-state index is 0.260. The van der Waals surface area contributed by atoms with Gasteiger partial charge in [0.05, 0.1) is 18.2 Å². The Balaban J connectivity index is 2.06. The van der Waals surface area contributed by atoms with Gasteiger partial charge in [0, 0.05) is 11.1 Å². The van der Waals surface area contributed by atoms with Crippen molar-refractivity contribution in [1.29, 1.82) is 0 Å². The number of hydrogen-bond acceptors (Lipinski definition) is 5. The third kappa shape index (κ3) is 4.29. The molecule has 2 aromatic heterocycles. The molecule has 0 amide bonds. The zero-order chi connectivity index (χ0) is 15.1. The van der Waals surface area contributed by atoms with Crippen LogP contribution in [-0.2, 0) is 4.74 Å². The first-order chi connectivity index (χ1) is 10.2. The second kappa shape index (κ2) is 7.78. The van der Waals surface area contributed by atoms with Gasteiger partial charge in [0.25, 0.3) is 0 Å². The maximum absolute atomic E-state index is 11.6. The molecule has 4 nitrogen and oxygen atoms in total. The van der Waals surface area contributed by atoms with E-state index in [9.17, 15) is 4.79 Å². The van der Waals surface area contributed by atoms with Crippen molar-refractivity contribution in [3.63, 3.8) is 0 Å². The number of aromatic nitrogens is 1. The van der Waals surface area contributed by atoms with Crippen molar-refractivity contribution in [1.82, 2.24) is 4.98 Å². The summed E-state index contributed by atoms with van der Waals surface area (Å²) < 4.78 is 4.95. The van der Waals surface area contributed by atoms with Crippen molar-refractivity contribution in [2.75, 3.05) is 11.9 Å². The average Bonchev–Trinajstić information content (AvgIpc) is 3.02. The largest absolute Gasteiger partial charge is 0.462 e. The Morgan fingerprint density at radius 2 is 2.24 bits per heavy atom. The Morgan fingerprint density at radius 1 is 1.38 bits per heavy atom. The van der Waals surface area contributed by atoms with Gasteiger partial charge in [-0.1, -0.05) is 19.4 Å². The molecule has 0 spiro atoms. The molecule has 0 saturated heterocycles. The molecule has 21 heavy (non-hydrogen) atoms. The lowest BCUT2D eigenvalue weighted by Gasteiger charge is -2.17. The van der Waals surface area contributed by atoms with Gasteiger partial charge in [-0.2, -0.15) is 0 Å². The van der Waals surface area contributed by atoms with E-state index in [0.29, 0.717) is 12.2 Å². The molecule has 112 valence electrons. The van der Waals surface area contributed by atoms with Crippen LogP contribution in [0, 0.1) is 0 Å². The molecule has 1 N–H and O–H groups in total. The van der Waals surface area contributed by atoms with Crippen LogP contribution in [-0.4, -0.2) is 17.6 Å².